The summed E-state index contributed by atoms with van der Waals surface area (Å²) in [6.45, 7) is 0. The molecule has 19 heavy (non-hydrogen) atoms. The minimum atomic E-state index is -4.52. The Balaban J connectivity index is 2.12. The lowest BCUT2D eigenvalue weighted by Crippen LogP contribution is -2.13. The Morgan fingerprint density at radius 3 is 2.53 bits per heavy atom. The predicted molar refractivity (Wildman–Crippen MR) is 60.9 cm³/mol. The third-order valence-corrected chi connectivity index (χ3v) is 2.47. The standard InChI is InChI=1S/C11H6ClF3N2O2/c12-9-7(3-4-19-9)10(18)17-6-1-2-8(16-5-6)11(13,14)15/h1-5H,(H,17,18). The zero-order valence-corrected chi connectivity index (χ0v) is 9.92. The summed E-state index contributed by atoms with van der Waals surface area (Å²) in [6.07, 6.45) is -2.38. The Morgan fingerprint density at radius 2 is 2.05 bits per heavy atom. The monoisotopic (exact) mass is 290 g/mol. The summed E-state index contributed by atoms with van der Waals surface area (Å²) >= 11 is 5.59. The highest BCUT2D eigenvalue weighted by Gasteiger charge is 2.32. The van der Waals surface area contributed by atoms with Crippen molar-refractivity contribution in [1.82, 2.24) is 4.98 Å². The van der Waals surface area contributed by atoms with E-state index < -0.39 is 17.8 Å². The number of halogens is 4. The van der Waals surface area contributed by atoms with Crippen LogP contribution >= 0.6 is 11.6 Å². The Hall–Kier alpha value is -2.02. The number of alkyl halides is 3. The van der Waals surface area contributed by atoms with E-state index in [2.05, 4.69) is 10.3 Å². The Kier molecular flexibility index (Phi) is 3.48. The molecule has 1 amide bonds. The molecule has 0 saturated heterocycles. The van der Waals surface area contributed by atoms with Gasteiger partial charge in [-0.05, 0) is 29.8 Å². The number of aromatic nitrogens is 1. The summed E-state index contributed by atoms with van der Waals surface area (Å²) < 4.78 is 41.6. The van der Waals surface area contributed by atoms with E-state index in [-0.39, 0.29) is 16.5 Å². The van der Waals surface area contributed by atoms with E-state index in [1.54, 1.807) is 0 Å². The van der Waals surface area contributed by atoms with Crippen molar-refractivity contribution in [3.05, 3.63) is 47.1 Å². The van der Waals surface area contributed by atoms with Gasteiger partial charge in [-0.2, -0.15) is 13.2 Å². The first-order chi connectivity index (χ1) is 8.88. The Labute approximate surface area is 110 Å². The smallest absolute Gasteiger partial charge is 0.433 e. The van der Waals surface area contributed by atoms with Crippen LogP contribution in [0.4, 0.5) is 18.9 Å². The maximum Gasteiger partial charge on any atom is 0.433 e. The lowest BCUT2D eigenvalue weighted by Gasteiger charge is -2.07. The van der Waals surface area contributed by atoms with Crippen LogP contribution in [0.1, 0.15) is 16.1 Å². The Bertz CT molecular complexity index is 593. The van der Waals surface area contributed by atoms with E-state index in [0.29, 0.717) is 0 Å². The molecular weight excluding hydrogens is 285 g/mol. The maximum atomic E-state index is 12.3. The van der Waals surface area contributed by atoms with Crippen molar-refractivity contribution in [1.29, 1.82) is 0 Å². The van der Waals surface area contributed by atoms with Gasteiger partial charge in [0.05, 0.1) is 23.7 Å². The first kappa shape index (κ1) is 13.4. The molecule has 100 valence electrons. The van der Waals surface area contributed by atoms with E-state index in [1.165, 1.54) is 12.3 Å². The second kappa shape index (κ2) is 4.93. The molecule has 0 fully saturated rings. The molecule has 0 saturated carbocycles. The van der Waals surface area contributed by atoms with Gasteiger partial charge in [-0.3, -0.25) is 4.79 Å². The van der Waals surface area contributed by atoms with Crippen LogP contribution in [0.25, 0.3) is 0 Å². The van der Waals surface area contributed by atoms with Gasteiger partial charge in [0.1, 0.15) is 5.69 Å². The molecule has 0 aliphatic rings. The fourth-order valence-electron chi connectivity index (χ4n) is 1.29. The van der Waals surface area contributed by atoms with Crippen LogP contribution in [0, 0.1) is 0 Å². The number of carbonyl (C=O) groups excluding carboxylic acids is 1. The molecule has 0 atom stereocenters. The SMILES string of the molecule is O=C(Nc1ccc(C(F)(F)F)nc1)c1ccoc1Cl. The van der Waals surface area contributed by atoms with Crippen molar-refractivity contribution in [3.63, 3.8) is 0 Å². The van der Waals surface area contributed by atoms with Crippen molar-refractivity contribution in [2.45, 2.75) is 6.18 Å². The molecule has 0 aliphatic heterocycles. The molecule has 0 spiro atoms. The quantitative estimate of drug-likeness (QED) is 0.919. The highest BCUT2D eigenvalue weighted by atomic mass is 35.5. The third-order valence-electron chi connectivity index (χ3n) is 2.17. The largest absolute Gasteiger partial charge is 0.452 e. The Morgan fingerprint density at radius 1 is 1.32 bits per heavy atom. The van der Waals surface area contributed by atoms with Crippen LogP contribution in [0.15, 0.2) is 35.1 Å². The second-order valence-electron chi connectivity index (χ2n) is 3.49. The van der Waals surface area contributed by atoms with Gasteiger partial charge >= 0.3 is 6.18 Å². The van der Waals surface area contributed by atoms with Crippen molar-refractivity contribution in [2.75, 3.05) is 5.32 Å². The molecule has 2 heterocycles. The zero-order valence-electron chi connectivity index (χ0n) is 9.16. The molecule has 0 radical (unpaired) electrons. The number of amides is 1. The normalized spacial score (nSPS) is 11.4. The molecule has 8 heteroatoms. The van der Waals surface area contributed by atoms with Gasteiger partial charge in [0.2, 0.25) is 5.22 Å². The first-order valence-corrected chi connectivity index (χ1v) is 5.33. The van der Waals surface area contributed by atoms with E-state index in [4.69, 9.17) is 16.0 Å². The second-order valence-corrected chi connectivity index (χ2v) is 3.84. The van der Waals surface area contributed by atoms with Crippen molar-refractivity contribution < 1.29 is 22.4 Å². The topological polar surface area (TPSA) is 55.1 Å². The lowest BCUT2D eigenvalue weighted by molar-refractivity contribution is -0.141. The highest BCUT2D eigenvalue weighted by molar-refractivity contribution is 6.32. The summed E-state index contributed by atoms with van der Waals surface area (Å²) in [5.41, 5.74) is -0.830. The molecule has 0 bridgehead atoms. The number of nitrogens with one attached hydrogen (secondary N) is 1. The lowest BCUT2D eigenvalue weighted by atomic mass is 10.3. The number of carbonyl (C=O) groups is 1. The predicted octanol–water partition coefficient (Wildman–Crippen LogP) is 3.60. The van der Waals surface area contributed by atoms with Gasteiger partial charge in [0.15, 0.2) is 0 Å². The molecule has 0 unspecified atom stereocenters. The van der Waals surface area contributed by atoms with Crippen LogP contribution < -0.4 is 5.32 Å². The first-order valence-electron chi connectivity index (χ1n) is 4.95. The van der Waals surface area contributed by atoms with E-state index >= 15 is 0 Å². The van der Waals surface area contributed by atoms with Crippen LogP contribution in [0.5, 0.6) is 0 Å². The molecule has 1 N–H and O–H groups in total. The summed E-state index contributed by atoms with van der Waals surface area (Å²) in [4.78, 5) is 14.9. The number of furan rings is 1. The van der Waals surface area contributed by atoms with Crippen LogP contribution in [0.2, 0.25) is 5.22 Å². The van der Waals surface area contributed by atoms with Crippen LogP contribution in [0.3, 0.4) is 0 Å². The maximum absolute atomic E-state index is 12.3. The summed E-state index contributed by atoms with van der Waals surface area (Å²) in [6, 6.07) is 3.21. The third kappa shape index (κ3) is 3.05. The fraction of sp³-hybridized carbons (Fsp3) is 0.0909. The van der Waals surface area contributed by atoms with Gasteiger partial charge in [-0.15, -0.1) is 0 Å². The summed E-state index contributed by atoms with van der Waals surface area (Å²) in [5.74, 6) is -0.597. The average Bonchev–Trinajstić information content (AvgIpc) is 2.75. The number of pyridine rings is 1. The number of hydrogen-bond acceptors (Lipinski definition) is 3. The van der Waals surface area contributed by atoms with Crippen molar-refractivity contribution in [2.24, 2.45) is 0 Å². The molecule has 2 rings (SSSR count). The van der Waals surface area contributed by atoms with Gasteiger partial charge in [0, 0.05) is 0 Å². The van der Waals surface area contributed by atoms with Crippen LogP contribution in [-0.2, 0) is 6.18 Å². The highest BCUT2D eigenvalue weighted by Crippen LogP contribution is 2.28. The fourth-order valence-corrected chi connectivity index (χ4v) is 1.49. The molecule has 4 nitrogen and oxygen atoms in total. The minimum Gasteiger partial charge on any atom is -0.452 e. The van der Waals surface area contributed by atoms with Crippen molar-refractivity contribution in [3.8, 4) is 0 Å². The zero-order chi connectivity index (χ0) is 14.0. The number of hydrogen-bond donors (Lipinski definition) is 1. The molecule has 0 aliphatic carbocycles. The summed E-state index contributed by atoms with van der Waals surface area (Å²) in [7, 11) is 0. The van der Waals surface area contributed by atoms with E-state index in [9.17, 15) is 18.0 Å². The van der Waals surface area contributed by atoms with Gasteiger partial charge in [0.25, 0.3) is 5.91 Å². The van der Waals surface area contributed by atoms with E-state index in [1.807, 2.05) is 0 Å². The molecular formula is C11H6ClF3N2O2. The molecule has 2 aromatic rings. The average molecular weight is 291 g/mol. The molecule has 0 aromatic carbocycles. The van der Waals surface area contributed by atoms with Crippen LogP contribution in [-0.4, -0.2) is 10.9 Å². The number of anilines is 1. The number of nitrogens with zero attached hydrogens (tertiary/aromatic N) is 1. The minimum absolute atomic E-state index is 0.0848. The summed E-state index contributed by atoms with van der Waals surface area (Å²) in [5, 5.41) is 2.25. The number of rotatable bonds is 2. The van der Waals surface area contributed by atoms with Crippen molar-refractivity contribution >= 4 is 23.2 Å². The van der Waals surface area contributed by atoms with E-state index in [0.717, 1.165) is 18.3 Å². The van der Waals surface area contributed by atoms with Gasteiger partial charge in [-0.1, -0.05) is 0 Å². The van der Waals surface area contributed by atoms with Gasteiger partial charge < -0.3 is 9.73 Å². The van der Waals surface area contributed by atoms with Gasteiger partial charge in [-0.25, -0.2) is 4.98 Å². The molecule has 2 aromatic heterocycles.